The Kier molecular flexibility index (Phi) is 4.47. The van der Waals surface area contributed by atoms with Crippen LogP contribution in [-0.4, -0.2) is 12.6 Å². The van der Waals surface area contributed by atoms with E-state index in [1.165, 1.54) is 5.56 Å². The smallest absolute Gasteiger partial charge is 0.0340 e. The van der Waals surface area contributed by atoms with Crippen LogP contribution in [0.3, 0.4) is 0 Å². The highest BCUT2D eigenvalue weighted by Gasteiger charge is 1.98. The fourth-order valence-electron chi connectivity index (χ4n) is 1.25. The lowest BCUT2D eigenvalue weighted by Crippen LogP contribution is -2.27. The van der Waals surface area contributed by atoms with Crippen LogP contribution in [0.1, 0.15) is 25.8 Å². The SMILES string of the molecule is CCc1ccc(NCC(N)CC)cc1. The van der Waals surface area contributed by atoms with E-state index in [2.05, 4.69) is 43.4 Å². The molecule has 0 aliphatic rings. The molecular formula is C12H20N2. The first-order chi connectivity index (χ1) is 6.76. The van der Waals surface area contributed by atoms with E-state index in [0.29, 0.717) is 0 Å². The van der Waals surface area contributed by atoms with Gasteiger partial charge in [0.15, 0.2) is 0 Å². The van der Waals surface area contributed by atoms with Gasteiger partial charge in [0, 0.05) is 18.3 Å². The topological polar surface area (TPSA) is 38.0 Å². The molecule has 3 N–H and O–H groups in total. The molecule has 1 rings (SSSR count). The molecule has 0 heterocycles. The van der Waals surface area contributed by atoms with Gasteiger partial charge in [-0.05, 0) is 30.5 Å². The summed E-state index contributed by atoms with van der Waals surface area (Å²) in [6, 6.07) is 8.78. The van der Waals surface area contributed by atoms with E-state index in [9.17, 15) is 0 Å². The van der Waals surface area contributed by atoms with Crippen molar-refractivity contribution in [3.05, 3.63) is 29.8 Å². The van der Waals surface area contributed by atoms with Crippen LogP contribution in [0.2, 0.25) is 0 Å². The summed E-state index contributed by atoms with van der Waals surface area (Å²) in [5, 5.41) is 3.32. The molecule has 0 saturated carbocycles. The molecule has 0 aliphatic heterocycles. The van der Waals surface area contributed by atoms with Crippen molar-refractivity contribution in [3.8, 4) is 0 Å². The third-order valence-corrected chi connectivity index (χ3v) is 2.45. The molecule has 1 unspecified atom stereocenters. The Bertz CT molecular complexity index is 254. The van der Waals surface area contributed by atoms with Gasteiger partial charge in [0.05, 0.1) is 0 Å². The Morgan fingerprint density at radius 3 is 2.36 bits per heavy atom. The molecule has 1 aromatic rings. The average molecular weight is 192 g/mol. The number of hydrogen-bond acceptors (Lipinski definition) is 2. The van der Waals surface area contributed by atoms with Crippen LogP contribution in [0.5, 0.6) is 0 Å². The fourth-order valence-corrected chi connectivity index (χ4v) is 1.25. The molecule has 0 fully saturated rings. The standard InChI is InChI=1S/C12H20N2/c1-3-10-5-7-12(8-6-10)14-9-11(13)4-2/h5-8,11,14H,3-4,9,13H2,1-2H3. The van der Waals surface area contributed by atoms with E-state index >= 15 is 0 Å². The van der Waals surface area contributed by atoms with Crippen LogP contribution < -0.4 is 11.1 Å². The van der Waals surface area contributed by atoms with E-state index in [1.807, 2.05) is 0 Å². The highest BCUT2D eigenvalue weighted by Crippen LogP contribution is 2.09. The van der Waals surface area contributed by atoms with Crippen LogP contribution in [0.15, 0.2) is 24.3 Å². The second-order valence-corrected chi connectivity index (χ2v) is 3.60. The molecule has 2 nitrogen and oxygen atoms in total. The zero-order valence-electron chi connectivity index (χ0n) is 9.09. The maximum Gasteiger partial charge on any atom is 0.0340 e. The monoisotopic (exact) mass is 192 g/mol. The second kappa shape index (κ2) is 5.66. The Morgan fingerprint density at radius 1 is 1.21 bits per heavy atom. The van der Waals surface area contributed by atoms with E-state index in [0.717, 1.165) is 25.1 Å². The Morgan fingerprint density at radius 2 is 1.86 bits per heavy atom. The zero-order valence-corrected chi connectivity index (χ0v) is 9.09. The number of benzene rings is 1. The van der Waals surface area contributed by atoms with Gasteiger partial charge < -0.3 is 11.1 Å². The molecular weight excluding hydrogens is 172 g/mol. The molecule has 0 amide bonds. The first-order valence-corrected chi connectivity index (χ1v) is 5.34. The minimum Gasteiger partial charge on any atom is -0.383 e. The fraction of sp³-hybridized carbons (Fsp3) is 0.500. The summed E-state index contributed by atoms with van der Waals surface area (Å²) in [5.41, 5.74) is 8.34. The third kappa shape index (κ3) is 3.38. The van der Waals surface area contributed by atoms with Crippen LogP contribution in [0, 0.1) is 0 Å². The van der Waals surface area contributed by atoms with Crippen LogP contribution in [0.4, 0.5) is 5.69 Å². The van der Waals surface area contributed by atoms with Crippen molar-refractivity contribution in [2.75, 3.05) is 11.9 Å². The largest absolute Gasteiger partial charge is 0.383 e. The van der Waals surface area contributed by atoms with Gasteiger partial charge >= 0.3 is 0 Å². The molecule has 1 atom stereocenters. The summed E-state index contributed by atoms with van der Waals surface area (Å²) in [6.45, 7) is 5.12. The number of rotatable bonds is 5. The van der Waals surface area contributed by atoms with E-state index < -0.39 is 0 Å². The van der Waals surface area contributed by atoms with Crippen molar-refractivity contribution in [3.63, 3.8) is 0 Å². The van der Waals surface area contributed by atoms with E-state index in [1.54, 1.807) is 0 Å². The predicted octanol–water partition coefficient (Wildman–Crippen LogP) is 2.40. The zero-order chi connectivity index (χ0) is 10.4. The molecule has 0 aromatic heterocycles. The first kappa shape index (κ1) is 11.1. The lowest BCUT2D eigenvalue weighted by Gasteiger charge is -2.11. The molecule has 2 heteroatoms. The van der Waals surface area contributed by atoms with Gasteiger partial charge in [-0.2, -0.15) is 0 Å². The summed E-state index contributed by atoms with van der Waals surface area (Å²) in [5.74, 6) is 0. The maximum absolute atomic E-state index is 5.81. The molecule has 78 valence electrons. The van der Waals surface area contributed by atoms with Crippen LogP contribution in [0.25, 0.3) is 0 Å². The Balaban J connectivity index is 2.43. The lowest BCUT2D eigenvalue weighted by molar-refractivity contribution is 0.679. The number of nitrogens with two attached hydrogens (primary N) is 1. The Hall–Kier alpha value is -1.02. The minimum atomic E-state index is 0.251. The van der Waals surface area contributed by atoms with Crippen LogP contribution in [-0.2, 0) is 6.42 Å². The number of hydrogen-bond donors (Lipinski definition) is 2. The molecule has 14 heavy (non-hydrogen) atoms. The highest BCUT2D eigenvalue weighted by atomic mass is 14.9. The average Bonchev–Trinajstić information content (AvgIpc) is 2.26. The first-order valence-electron chi connectivity index (χ1n) is 5.34. The highest BCUT2D eigenvalue weighted by molar-refractivity contribution is 5.44. The molecule has 0 aliphatic carbocycles. The summed E-state index contributed by atoms with van der Waals surface area (Å²) < 4.78 is 0. The van der Waals surface area contributed by atoms with E-state index in [-0.39, 0.29) is 6.04 Å². The van der Waals surface area contributed by atoms with Gasteiger partial charge in [-0.3, -0.25) is 0 Å². The summed E-state index contributed by atoms with van der Waals surface area (Å²) in [7, 11) is 0. The van der Waals surface area contributed by atoms with Crippen molar-refractivity contribution < 1.29 is 0 Å². The lowest BCUT2D eigenvalue weighted by atomic mass is 10.1. The van der Waals surface area contributed by atoms with Crippen LogP contribution >= 0.6 is 0 Å². The maximum atomic E-state index is 5.81. The quantitative estimate of drug-likeness (QED) is 0.751. The number of anilines is 1. The Labute approximate surface area is 86.5 Å². The van der Waals surface area contributed by atoms with Crippen molar-refractivity contribution in [1.29, 1.82) is 0 Å². The molecule has 0 bridgehead atoms. The van der Waals surface area contributed by atoms with Gasteiger partial charge in [-0.1, -0.05) is 26.0 Å². The third-order valence-electron chi connectivity index (χ3n) is 2.45. The molecule has 1 aromatic carbocycles. The van der Waals surface area contributed by atoms with Gasteiger partial charge in [-0.15, -0.1) is 0 Å². The van der Waals surface area contributed by atoms with Gasteiger partial charge in [0.1, 0.15) is 0 Å². The molecule has 0 spiro atoms. The summed E-state index contributed by atoms with van der Waals surface area (Å²) >= 11 is 0. The van der Waals surface area contributed by atoms with Gasteiger partial charge in [0.2, 0.25) is 0 Å². The number of nitrogens with one attached hydrogen (secondary N) is 1. The van der Waals surface area contributed by atoms with Crippen molar-refractivity contribution in [1.82, 2.24) is 0 Å². The van der Waals surface area contributed by atoms with Gasteiger partial charge in [-0.25, -0.2) is 0 Å². The normalized spacial score (nSPS) is 12.5. The van der Waals surface area contributed by atoms with E-state index in [4.69, 9.17) is 5.73 Å². The van der Waals surface area contributed by atoms with Crippen molar-refractivity contribution in [2.45, 2.75) is 32.7 Å². The minimum absolute atomic E-state index is 0.251. The summed E-state index contributed by atoms with van der Waals surface area (Å²) in [6.07, 6.45) is 2.11. The number of aryl methyl sites for hydroxylation is 1. The molecule has 0 radical (unpaired) electrons. The predicted molar refractivity (Wildman–Crippen MR) is 62.6 cm³/mol. The second-order valence-electron chi connectivity index (χ2n) is 3.60. The summed E-state index contributed by atoms with van der Waals surface area (Å²) in [4.78, 5) is 0. The van der Waals surface area contributed by atoms with Gasteiger partial charge in [0.25, 0.3) is 0 Å². The van der Waals surface area contributed by atoms with Crippen molar-refractivity contribution >= 4 is 5.69 Å². The molecule has 0 saturated heterocycles. The van der Waals surface area contributed by atoms with Crippen molar-refractivity contribution in [2.24, 2.45) is 5.73 Å².